The highest BCUT2D eigenvalue weighted by Gasteiger charge is 2.42. The van der Waals surface area contributed by atoms with E-state index in [0.717, 1.165) is 31.6 Å². The number of amides is 1. The van der Waals surface area contributed by atoms with Crippen LogP contribution in [0.5, 0.6) is 5.88 Å². The van der Waals surface area contributed by atoms with Crippen molar-refractivity contribution in [3.8, 4) is 5.88 Å². The third-order valence-corrected chi connectivity index (χ3v) is 5.50. The molecule has 7 nitrogen and oxygen atoms in total. The molecule has 1 aliphatic heterocycles. The first-order valence-corrected chi connectivity index (χ1v) is 9.38. The third-order valence-electron chi connectivity index (χ3n) is 5.50. The van der Waals surface area contributed by atoms with E-state index in [2.05, 4.69) is 10.3 Å². The Labute approximate surface area is 154 Å². The number of rotatable bonds is 5. The van der Waals surface area contributed by atoms with E-state index in [9.17, 15) is 15.0 Å². The Hall–Kier alpha value is -1.70. The standard InChI is InChI=1S/C19H29N3O4/c1-12-4-3-5-17(20-12)26-11-14-10-16(19(25)18(14)24)21-15-6-8-22(9-7-15)13(2)23/h3-5,14-16,18-19,21,24-25H,6-11H2,1-2H3. The Bertz CT molecular complexity index is 619. The number of likely N-dealkylation sites (tertiary alicyclic amines) is 1. The zero-order chi connectivity index (χ0) is 18.7. The summed E-state index contributed by atoms with van der Waals surface area (Å²) in [6, 6.07) is 5.69. The molecular weight excluding hydrogens is 334 g/mol. The van der Waals surface area contributed by atoms with Gasteiger partial charge in [-0.2, -0.15) is 0 Å². The van der Waals surface area contributed by atoms with Gasteiger partial charge in [0.2, 0.25) is 11.8 Å². The number of nitrogens with one attached hydrogen (secondary N) is 1. The lowest BCUT2D eigenvalue weighted by Crippen LogP contribution is -2.50. The lowest BCUT2D eigenvalue weighted by Gasteiger charge is -2.34. The van der Waals surface area contributed by atoms with Crippen LogP contribution in [-0.4, -0.2) is 70.0 Å². The molecule has 1 saturated heterocycles. The number of ether oxygens (including phenoxy) is 1. The smallest absolute Gasteiger partial charge is 0.219 e. The normalized spacial score (nSPS) is 29.8. The predicted octanol–water partition coefficient (Wildman–Crippen LogP) is 0.480. The molecule has 2 fully saturated rings. The molecule has 3 rings (SSSR count). The first-order valence-electron chi connectivity index (χ1n) is 9.38. The second kappa shape index (κ2) is 8.33. The highest BCUT2D eigenvalue weighted by molar-refractivity contribution is 5.73. The summed E-state index contributed by atoms with van der Waals surface area (Å²) < 4.78 is 5.71. The lowest BCUT2D eigenvalue weighted by atomic mass is 10.0. The van der Waals surface area contributed by atoms with E-state index in [4.69, 9.17) is 4.74 Å². The van der Waals surface area contributed by atoms with Crippen LogP contribution in [0, 0.1) is 12.8 Å². The van der Waals surface area contributed by atoms with Crippen LogP contribution in [0.2, 0.25) is 0 Å². The molecule has 0 spiro atoms. The van der Waals surface area contributed by atoms with Crippen LogP contribution in [0.25, 0.3) is 0 Å². The van der Waals surface area contributed by atoms with Gasteiger partial charge in [0.15, 0.2) is 0 Å². The van der Waals surface area contributed by atoms with Crippen molar-refractivity contribution in [1.29, 1.82) is 0 Å². The van der Waals surface area contributed by atoms with Gasteiger partial charge < -0.3 is 25.2 Å². The van der Waals surface area contributed by atoms with Gasteiger partial charge >= 0.3 is 0 Å². The number of aryl methyl sites for hydroxylation is 1. The zero-order valence-electron chi connectivity index (χ0n) is 15.5. The fourth-order valence-electron chi connectivity index (χ4n) is 3.91. The minimum Gasteiger partial charge on any atom is -0.477 e. The first-order chi connectivity index (χ1) is 12.4. The third kappa shape index (κ3) is 4.52. The van der Waals surface area contributed by atoms with E-state index in [-0.39, 0.29) is 23.9 Å². The van der Waals surface area contributed by atoms with Gasteiger partial charge in [-0.05, 0) is 32.3 Å². The Balaban J connectivity index is 1.49. The van der Waals surface area contributed by atoms with E-state index in [1.54, 1.807) is 13.0 Å². The monoisotopic (exact) mass is 363 g/mol. The molecule has 3 N–H and O–H groups in total. The van der Waals surface area contributed by atoms with Gasteiger partial charge in [-0.15, -0.1) is 0 Å². The van der Waals surface area contributed by atoms with Gasteiger partial charge in [0.25, 0.3) is 0 Å². The minimum absolute atomic E-state index is 0.113. The van der Waals surface area contributed by atoms with Crippen LogP contribution >= 0.6 is 0 Å². The number of hydrogen-bond acceptors (Lipinski definition) is 6. The molecular formula is C19H29N3O4. The maximum Gasteiger partial charge on any atom is 0.219 e. The summed E-state index contributed by atoms with van der Waals surface area (Å²) in [6.45, 7) is 5.31. The predicted molar refractivity (Wildman–Crippen MR) is 96.8 cm³/mol. The molecule has 1 aliphatic carbocycles. The van der Waals surface area contributed by atoms with Crippen LogP contribution in [0.1, 0.15) is 31.9 Å². The number of carbonyl (C=O) groups excluding carboxylic acids is 1. The van der Waals surface area contributed by atoms with Crippen molar-refractivity contribution in [1.82, 2.24) is 15.2 Å². The molecule has 2 heterocycles. The average Bonchev–Trinajstić information content (AvgIpc) is 2.88. The summed E-state index contributed by atoms with van der Waals surface area (Å²) in [5.74, 6) is 0.517. The SMILES string of the molecule is CC(=O)N1CCC(NC2CC(COc3cccc(C)n3)C(O)C2O)CC1. The fraction of sp³-hybridized carbons (Fsp3) is 0.684. The molecule has 26 heavy (non-hydrogen) atoms. The molecule has 7 heteroatoms. The van der Waals surface area contributed by atoms with Gasteiger partial charge in [-0.1, -0.05) is 6.07 Å². The Morgan fingerprint density at radius 3 is 2.69 bits per heavy atom. The zero-order valence-corrected chi connectivity index (χ0v) is 15.5. The van der Waals surface area contributed by atoms with Crippen molar-refractivity contribution in [3.05, 3.63) is 23.9 Å². The summed E-state index contributed by atoms with van der Waals surface area (Å²) in [7, 11) is 0. The maximum absolute atomic E-state index is 11.4. The topological polar surface area (TPSA) is 94.9 Å². The van der Waals surface area contributed by atoms with Crippen LogP contribution < -0.4 is 10.1 Å². The van der Waals surface area contributed by atoms with Crippen LogP contribution in [-0.2, 0) is 4.79 Å². The van der Waals surface area contributed by atoms with E-state index in [0.29, 0.717) is 18.9 Å². The van der Waals surface area contributed by atoms with Crippen molar-refractivity contribution in [2.75, 3.05) is 19.7 Å². The molecule has 2 aliphatic rings. The fourth-order valence-corrected chi connectivity index (χ4v) is 3.91. The molecule has 0 bridgehead atoms. The van der Waals surface area contributed by atoms with Gasteiger partial charge in [0, 0.05) is 49.8 Å². The van der Waals surface area contributed by atoms with Gasteiger partial charge in [-0.25, -0.2) is 4.98 Å². The molecule has 144 valence electrons. The van der Waals surface area contributed by atoms with E-state index in [1.165, 1.54) is 0 Å². The number of nitrogens with zero attached hydrogens (tertiary/aromatic N) is 2. The molecule has 4 atom stereocenters. The molecule has 1 aromatic heterocycles. The van der Waals surface area contributed by atoms with E-state index in [1.807, 2.05) is 24.0 Å². The van der Waals surface area contributed by atoms with Crippen molar-refractivity contribution in [2.45, 2.75) is 57.4 Å². The first kappa shape index (κ1) is 19.1. The van der Waals surface area contributed by atoms with E-state index >= 15 is 0 Å². The number of pyridine rings is 1. The Morgan fingerprint density at radius 2 is 2.04 bits per heavy atom. The van der Waals surface area contributed by atoms with Crippen molar-refractivity contribution >= 4 is 5.91 Å². The summed E-state index contributed by atoms with van der Waals surface area (Å²) in [6.07, 6.45) is 0.774. The Kier molecular flexibility index (Phi) is 6.11. The Morgan fingerprint density at radius 1 is 1.31 bits per heavy atom. The van der Waals surface area contributed by atoms with Gasteiger partial charge in [0.1, 0.15) is 0 Å². The van der Waals surface area contributed by atoms with Crippen LogP contribution in [0.15, 0.2) is 18.2 Å². The minimum atomic E-state index is -0.811. The quantitative estimate of drug-likeness (QED) is 0.704. The number of carbonyl (C=O) groups is 1. The summed E-state index contributed by atoms with van der Waals surface area (Å²) in [5.41, 5.74) is 0.881. The molecule has 0 radical (unpaired) electrons. The highest BCUT2D eigenvalue weighted by atomic mass is 16.5. The molecule has 4 unspecified atom stereocenters. The number of piperidine rings is 1. The highest BCUT2D eigenvalue weighted by Crippen LogP contribution is 2.28. The lowest BCUT2D eigenvalue weighted by molar-refractivity contribution is -0.129. The number of aromatic nitrogens is 1. The number of hydrogen-bond donors (Lipinski definition) is 3. The average molecular weight is 363 g/mol. The van der Waals surface area contributed by atoms with Crippen molar-refractivity contribution in [3.63, 3.8) is 0 Å². The van der Waals surface area contributed by atoms with Crippen molar-refractivity contribution in [2.24, 2.45) is 5.92 Å². The maximum atomic E-state index is 11.4. The largest absolute Gasteiger partial charge is 0.477 e. The number of aliphatic hydroxyl groups is 2. The van der Waals surface area contributed by atoms with Crippen LogP contribution in [0.3, 0.4) is 0 Å². The second-order valence-corrected chi connectivity index (χ2v) is 7.46. The summed E-state index contributed by atoms with van der Waals surface area (Å²) in [5, 5.41) is 24.2. The number of aliphatic hydroxyl groups excluding tert-OH is 2. The second-order valence-electron chi connectivity index (χ2n) is 7.46. The van der Waals surface area contributed by atoms with Gasteiger partial charge in [-0.3, -0.25) is 4.79 Å². The molecule has 0 aromatic carbocycles. The summed E-state index contributed by atoms with van der Waals surface area (Å²) in [4.78, 5) is 17.6. The van der Waals surface area contributed by atoms with E-state index < -0.39 is 12.2 Å². The molecule has 1 amide bonds. The molecule has 1 saturated carbocycles. The van der Waals surface area contributed by atoms with Crippen LogP contribution in [0.4, 0.5) is 0 Å². The molecule has 1 aromatic rings. The van der Waals surface area contributed by atoms with Crippen molar-refractivity contribution < 1.29 is 19.7 Å². The van der Waals surface area contributed by atoms with Gasteiger partial charge in [0.05, 0.1) is 18.8 Å². The summed E-state index contributed by atoms with van der Waals surface area (Å²) >= 11 is 0.